The van der Waals surface area contributed by atoms with Crippen molar-refractivity contribution in [2.75, 3.05) is 0 Å². The number of aromatic nitrogens is 1. The van der Waals surface area contributed by atoms with E-state index in [0.717, 1.165) is 23.4 Å². The second kappa shape index (κ2) is 7.61. The van der Waals surface area contributed by atoms with E-state index in [4.69, 9.17) is 11.6 Å². The van der Waals surface area contributed by atoms with Gasteiger partial charge in [-0.15, -0.1) is 0 Å². The molecule has 26 heavy (non-hydrogen) atoms. The second-order valence-corrected chi connectivity index (χ2v) is 8.19. The molecule has 0 unspecified atom stereocenters. The molecule has 0 aliphatic heterocycles. The summed E-state index contributed by atoms with van der Waals surface area (Å²) in [7, 11) is -3.79. The van der Waals surface area contributed by atoms with E-state index in [1.807, 2.05) is 54.1 Å². The van der Waals surface area contributed by atoms with Crippen LogP contribution in [-0.4, -0.2) is 13.0 Å². The first kappa shape index (κ1) is 18.6. The first-order valence-corrected chi connectivity index (χ1v) is 9.85. The van der Waals surface area contributed by atoms with Gasteiger partial charge in [-0.25, -0.2) is 17.5 Å². The minimum atomic E-state index is -3.79. The van der Waals surface area contributed by atoms with Crippen LogP contribution in [0.25, 0.3) is 0 Å². The average molecular weight is 393 g/mol. The zero-order valence-corrected chi connectivity index (χ0v) is 15.7. The Hall–Kier alpha value is -2.15. The van der Waals surface area contributed by atoms with Crippen molar-refractivity contribution in [2.24, 2.45) is 0 Å². The number of sulfonamides is 1. The van der Waals surface area contributed by atoms with E-state index in [2.05, 4.69) is 4.72 Å². The van der Waals surface area contributed by atoms with Gasteiger partial charge in [0.15, 0.2) is 0 Å². The van der Waals surface area contributed by atoms with Crippen LogP contribution in [0.2, 0.25) is 5.02 Å². The summed E-state index contributed by atoms with van der Waals surface area (Å²) < 4.78 is 42.5. The van der Waals surface area contributed by atoms with E-state index in [-0.39, 0.29) is 16.5 Å². The first-order chi connectivity index (χ1) is 12.3. The van der Waals surface area contributed by atoms with E-state index in [1.165, 1.54) is 11.6 Å². The SMILES string of the molecule is Cc1ccc(Cn2cccc2CNS(=O)(=O)c2ccc(F)c(Cl)c2)cc1. The third kappa shape index (κ3) is 4.33. The fourth-order valence-electron chi connectivity index (χ4n) is 2.55. The van der Waals surface area contributed by atoms with Crippen molar-refractivity contribution in [1.82, 2.24) is 9.29 Å². The number of aryl methyl sites for hydroxylation is 1. The van der Waals surface area contributed by atoms with Crippen molar-refractivity contribution in [3.8, 4) is 0 Å². The highest BCUT2D eigenvalue weighted by molar-refractivity contribution is 7.89. The normalized spacial score (nSPS) is 11.7. The van der Waals surface area contributed by atoms with E-state index in [9.17, 15) is 12.8 Å². The summed E-state index contributed by atoms with van der Waals surface area (Å²) >= 11 is 5.67. The Balaban J connectivity index is 1.73. The van der Waals surface area contributed by atoms with Gasteiger partial charge in [-0.3, -0.25) is 0 Å². The van der Waals surface area contributed by atoms with Crippen LogP contribution < -0.4 is 4.72 Å². The Bertz CT molecular complexity index is 1010. The monoisotopic (exact) mass is 392 g/mol. The first-order valence-electron chi connectivity index (χ1n) is 7.99. The van der Waals surface area contributed by atoms with Gasteiger partial charge in [0.1, 0.15) is 5.82 Å². The third-order valence-electron chi connectivity index (χ3n) is 4.04. The highest BCUT2D eigenvalue weighted by atomic mass is 35.5. The predicted molar refractivity (Wildman–Crippen MR) is 100 cm³/mol. The lowest BCUT2D eigenvalue weighted by Crippen LogP contribution is -2.24. The number of rotatable bonds is 6. The number of nitrogens with zero attached hydrogens (tertiary/aromatic N) is 1. The van der Waals surface area contributed by atoms with Crippen LogP contribution in [0.3, 0.4) is 0 Å². The maximum Gasteiger partial charge on any atom is 0.240 e. The van der Waals surface area contributed by atoms with Crippen molar-refractivity contribution in [1.29, 1.82) is 0 Å². The Morgan fingerprint density at radius 1 is 1.12 bits per heavy atom. The van der Waals surface area contributed by atoms with Gasteiger partial charge in [0.2, 0.25) is 10.0 Å². The van der Waals surface area contributed by atoms with E-state index in [0.29, 0.717) is 6.54 Å². The molecule has 0 spiro atoms. The quantitative estimate of drug-likeness (QED) is 0.686. The van der Waals surface area contributed by atoms with Crippen molar-refractivity contribution < 1.29 is 12.8 Å². The summed E-state index contributed by atoms with van der Waals surface area (Å²) in [5.41, 5.74) is 3.13. The predicted octanol–water partition coefficient (Wildman–Crippen LogP) is 4.12. The maximum absolute atomic E-state index is 13.2. The molecule has 0 radical (unpaired) electrons. The molecule has 2 aromatic carbocycles. The van der Waals surface area contributed by atoms with Crippen LogP contribution in [0.4, 0.5) is 4.39 Å². The molecule has 1 N–H and O–H groups in total. The van der Waals surface area contributed by atoms with Gasteiger partial charge in [0.05, 0.1) is 16.5 Å². The van der Waals surface area contributed by atoms with Gasteiger partial charge in [0, 0.05) is 18.4 Å². The highest BCUT2D eigenvalue weighted by Gasteiger charge is 2.16. The van der Waals surface area contributed by atoms with Gasteiger partial charge in [-0.2, -0.15) is 0 Å². The number of hydrogen-bond acceptors (Lipinski definition) is 2. The van der Waals surface area contributed by atoms with Crippen molar-refractivity contribution in [3.63, 3.8) is 0 Å². The summed E-state index contributed by atoms with van der Waals surface area (Å²) in [4.78, 5) is -0.0689. The van der Waals surface area contributed by atoms with Gasteiger partial charge in [-0.05, 0) is 42.8 Å². The number of benzene rings is 2. The Morgan fingerprint density at radius 3 is 2.54 bits per heavy atom. The molecule has 1 heterocycles. The lowest BCUT2D eigenvalue weighted by molar-refractivity contribution is 0.577. The molecule has 0 bridgehead atoms. The minimum absolute atomic E-state index is 0.0689. The van der Waals surface area contributed by atoms with E-state index < -0.39 is 15.8 Å². The molecular weight excluding hydrogens is 375 g/mol. The van der Waals surface area contributed by atoms with Crippen LogP contribution in [0.15, 0.2) is 65.7 Å². The second-order valence-electron chi connectivity index (χ2n) is 6.01. The molecule has 0 saturated heterocycles. The van der Waals surface area contributed by atoms with Crippen LogP contribution in [0.1, 0.15) is 16.8 Å². The molecular formula is C19H18ClFN2O2S. The van der Waals surface area contributed by atoms with Crippen LogP contribution in [-0.2, 0) is 23.1 Å². The van der Waals surface area contributed by atoms with Crippen LogP contribution in [0.5, 0.6) is 0 Å². The summed E-state index contributed by atoms with van der Waals surface area (Å²) in [5, 5.41) is -0.226. The molecule has 7 heteroatoms. The number of halogens is 2. The highest BCUT2D eigenvalue weighted by Crippen LogP contribution is 2.19. The topological polar surface area (TPSA) is 51.1 Å². The van der Waals surface area contributed by atoms with Crippen molar-refractivity contribution in [3.05, 3.63) is 88.5 Å². The number of nitrogens with one attached hydrogen (secondary N) is 1. The zero-order valence-electron chi connectivity index (χ0n) is 14.1. The zero-order chi connectivity index (χ0) is 18.7. The molecule has 4 nitrogen and oxygen atoms in total. The Morgan fingerprint density at radius 2 is 1.85 bits per heavy atom. The summed E-state index contributed by atoms with van der Waals surface area (Å²) in [5.74, 6) is -0.655. The molecule has 0 fully saturated rings. The number of hydrogen-bond donors (Lipinski definition) is 1. The summed E-state index contributed by atoms with van der Waals surface area (Å²) in [6, 6.07) is 15.2. The molecule has 0 aliphatic carbocycles. The Kier molecular flexibility index (Phi) is 5.46. The maximum atomic E-state index is 13.2. The van der Waals surface area contributed by atoms with E-state index >= 15 is 0 Å². The van der Waals surface area contributed by atoms with E-state index in [1.54, 1.807) is 0 Å². The fraction of sp³-hybridized carbons (Fsp3) is 0.158. The fourth-order valence-corrected chi connectivity index (χ4v) is 3.82. The van der Waals surface area contributed by atoms with Gasteiger partial charge < -0.3 is 4.57 Å². The lowest BCUT2D eigenvalue weighted by atomic mass is 10.1. The smallest absolute Gasteiger partial charge is 0.240 e. The van der Waals surface area contributed by atoms with Gasteiger partial charge >= 0.3 is 0 Å². The molecule has 0 atom stereocenters. The molecule has 0 amide bonds. The Labute approximate surface area is 157 Å². The minimum Gasteiger partial charge on any atom is -0.346 e. The van der Waals surface area contributed by atoms with Gasteiger partial charge in [-0.1, -0.05) is 41.4 Å². The van der Waals surface area contributed by atoms with Gasteiger partial charge in [0.25, 0.3) is 0 Å². The van der Waals surface area contributed by atoms with Crippen LogP contribution >= 0.6 is 11.6 Å². The van der Waals surface area contributed by atoms with Crippen molar-refractivity contribution >= 4 is 21.6 Å². The molecule has 0 aliphatic rings. The molecule has 3 aromatic rings. The standard InChI is InChI=1S/C19H18ClFN2O2S/c1-14-4-6-15(7-5-14)13-23-10-2-3-16(23)12-22-26(24,25)17-8-9-19(21)18(20)11-17/h2-11,22H,12-13H2,1H3. The lowest BCUT2D eigenvalue weighted by Gasteiger charge is -2.11. The third-order valence-corrected chi connectivity index (χ3v) is 5.73. The summed E-state index contributed by atoms with van der Waals surface area (Å²) in [6.07, 6.45) is 1.90. The molecule has 136 valence electrons. The summed E-state index contributed by atoms with van der Waals surface area (Å²) in [6.45, 7) is 2.80. The largest absolute Gasteiger partial charge is 0.346 e. The molecule has 1 aromatic heterocycles. The van der Waals surface area contributed by atoms with Crippen LogP contribution in [0, 0.1) is 12.7 Å². The molecule has 3 rings (SSSR count). The van der Waals surface area contributed by atoms with Crippen molar-refractivity contribution in [2.45, 2.75) is 24.9 Å². The molecule has 0 saturated carbocycles. The average Bonchev–Trinajstić information content (AvgIpc) is 3.05.